The van der Waals surface area contributed by atoms with E-state index in [1.54, 1.807) is 24.7 Å². The second kappa shape index (κ2) is 4.99. The van der Waals surface area contributed by atoms with Gasteiger partial charge in [0.15, 0.2) is 5.69 Å². The van der Waals surface area contributed by atoms with Crippen molar-refractivity contribution in [2.75, 3.05) is 6.61 Å². The van der Waals surface area contributed by atoms with Crippen LogP contribution in [0, 0.1) is 6.92 Å². The van der Waals surface area contributed by atoms with Gasteiger partial charge < -0.3 is 9.30 Å². The zero-order chi connectivity index (χ0) is 13.1. The number of esters is 1. The third-order valence-electron chi connectivity index (χ3n) is 2.66. The maximum atomic E-state index is 11.6. The summed E-state index contributed by atoms with van der Waals surface area (Å²) in [6.07, 6.45) is 3.57. The van der Waals surface area contributed by atoms with Crippen molar-refractivity contribution in [2.24, 2.45) is 7.05 Å². The van der Waals surface area contributed by atoms with Crippen molar-refractivity contribution in [1.82, 2.24) is 24.5 Å². The normalized spacial score (nSPS) is 10.6. The quantitative estimate of drug-likeness (QED) is 0.739. The highest BCUT2D eigenvalue weighted by atomic mass is 16.5. The number of rotatable bonds is 4. The minimum absolute atomic E-state index is 0.256. The Hall–Kier alpha value is -2.18. The molecule has 2 aromatic heterocycles. The van der Waals surface area contributed by atoms with E-state index in [0.717, 1.165) is 5.82 Å². The molecule has 0 N–H and O–H groups in total. The van der Waals surface area contributed by atoms with Gasteiger partial charge >= 0.3 is 5.97 Å². The van der Waals surface area contributed by atoms with Crippen LogP contribution in [0.1, 0.15) is 28.9 Å². The van der Waals surface area contributed by atoms with Crippen LogP contribution in [0.4, 0.5) is 0 Å². The lowest BCUT2D eigenvalue weighted by Crippen LogP contribution is -2.10. The number of ether oxygens (including phenoxy) is 1. The molecule has 0 radical (unpaired) electrons. The summed E-state index contributed by atoms with van der Waals surface area (Å²) in [5.41, 5.74) is 0.933. The molecule has 96 valence electrons. The standard InChI is InChI=1S/C11H15N5O2/c1-4-18-11(17)10-8(2)16(14-13-10)7-9-12-5-6-15(9)3/h5-6H,4,7H2,1-3H3. The molecule has 0 fully saturated rings. The van der Waals surface area contributed by atoms with Crippen molar-refractivity contribution < 1.29 is 9.53 Å². The molecule has 0 aliphatic carbocycles. The Balaban J connectivity index is 2.21. The molecule has 0 spiro atoms. The summed E-state index contributed by atoms with van der Waals surface area (Å²) in [5, 5.41) is 7.79. The Kier molecular flexibility index (Phi) is 3.40. The van der Waals surface area contributed by atoms with Gasteiger partial charge in [0.2, 0.25) is 0 Å². The molecule has 0 aliphatic rings. The van der Waals surface area contributed by atoms with Crippen molar-refractivity contribution in [3.8, 4) is 0 Å². The van der Waals surface area contributed by atoms with Crippen LogP contribution in [0.15, 0.2) is 12.4 Å². The zero-order valence-electron chi connectivity index (χ0n) is 10.6. The smallest absolute Gasteiger partial charge is 0.360 e. The summed E-state index contributed by atoms with van der Waals surface area (Å²) in [5.74, 6) is 0.402. The molecule has 18 heavy (non-hydrogen) atoms. The molecule has 0 unspecified atom stereocenters. The van der Waals surface area contributed by atoms with Gasteiger partial charge in [-0.1, -0.05) is 5.21 Å². The molecule has 0 aliphatic heterocycles. The van der Waals surface area contributed by atoms with Gasteiger partial charge in [-0.3, -0.25) is 0 Å². The summed E-state index contributed by atoms with van der Waals surface area (Å²) in [7, 11) is 1.90. The number of aryl methyl sites for hydroxylation is 1. The maximum absolute atomic E-state index is 11.6. The lowest BCUT2D eigenvalue weighted by Gasteiger charge is -2.04. The number of hydrogen-bond acceptors (Lipinski definition) is 5. The summed E-state index contributed by atoms with van der Waals surface area (Å²) in [6, 6.07) is 0. The fourth-order valence-corrected chi connectivity index (χ4v) is 1.58. The lowest BCUT2D eigenvalue weighted by atomic mass is 10.3. The van der Waals surface area contributed by atoms with Crippen molar-refractivity contribution >= 4 is 5.97 Å². The number of imidazole rings is 1. The number of nitrogens with zero attached hydrogens (tertiary/aromatic N) is 5. The molecule has 0 aromatic carbocycles. The monoisotopic (exact) mass is 249 g/mol. The SMILES string of the molecule is CCOC(=O)c1nnn(Cc2nccn2C)c1C. The third kappa shape index (κ3) is 2.24. The molecular weight excluding hydrogens is 234 g/mol. The van der Waals surface area contributed by atoms with E-state index < -0.39 is 5.97 Å². The van der Waals surface area contributed by atoms with E-state index in [2.05, 4.69) is 15.3 Å². The highest BCUT2D eigenvalue weighted by molar-refractivity contribution is 5.88. The number of aromatic nitrogens is 5. The number of carbonyl (C=O) groups is 1. The summed E-state index contributed by atoms with van der Waals surface area (Å²) >= 11 is 0. The van der Waals surface area contributed by atoms with Crippen molar-refractivity contribution in [1.29, 1.82) is 0 Å². The van der Waals surface area contributed by atoms with Crippen LogP contribution < -0.4 is 0 Å². The molecule has 0 saturated heterocycles. The second-order valence-electron chi connectivity index (χ2n) is 3.86. The Morgan fingerprint density at radius 1 is 1.50 bits per heavy atom. The van der Waals surface area contributed by atoms with Crippen molar-refractivity contribution in [2.45, 2.75) is 20.4 Å². The van der Waals surface area contributed by atoms with Crippen LogP contribution in [0.3, 0.4) is 0 Å². The Morgan fingerprint density at radius 2 is 2.28 bits per heavy atom. The summed E-state index contributed by atoms with van der Waals surface area (Å²) < 4.78 is 8.43. The van der Waals surface area contributed by atoms with Crippen LogP contribution in [0.5, 0.6) is 0 Å². The van der Waals surface area contributed by atoms with Gasteiger partial charge in [-0.05, 0) is 13.8 Å². The molecule has 2 rings (SSSR count). The first-order chi connectivity index (χ1) is 8.63. The molecular formula is C11H15N5O2. The van der Waals surface area contributed by atoms with E-state index in [-0.39, 0.29) is 5.69 Å². The fraction of sp³-hybridized carbons (Fsp3) is 0.455. The highest BCUT2D eigenvalue weighted by Gasteiger charge is 2.18. The van der Waals surface area contributed by atoms with Gasteiger partial charge in [-0.25, -0.2) is 14.5 Å². The van der Waals surface area contributed by atoms with E-state index in [9.17, 15) is 4.79 Å². The van der Waals surface area contributed by atoms with Crippen LogP contribution in [0.2, 0.25) is 0 Å². The van der Waals surface area contributed by atoms with Crippen LogP contribution in [-0.2, 0) is 18.3 Å². The Bertz CT molecular complexity index is 558. The minimum atomic E-state index is -0.443. The largest absolute Gasteiger partial charge is 0.461 e. The average Bonchev–Trinajstić information content (AvgIpc) is 2.89. The molecule has 0 saturated carbocycles. The number of hydrogen-bond donors (Lipinski definition) is 0. The summed E-state index contributed by atoms with van der Waals surface area (Å²) in [6.45, 7) is 4.34. The van der Waals surface area contributed by atoms with E-state index in [1.807, 2.05) is 17.8 Å². The van der Waals surface area contributed by atoms with Crippen molar-refractivity contribution in [3.63, 3.8) is 0 Å². The number of carbonyl (C=O) groups excluding carboxylic acids is 1. The Morgan fingerprint density at radius 3 is 2.89 bits per heavy atom. The zero-order valence-corrected chi connectivity index (χ0v) is 10.6. The van der Waals surface area contributed by atoms with Gasteiger partial charge in [0.1, 0.15) is 12.4 Å². The van der Waals surface area contributed by atoms with E-state index in [4.69, 9.17) is 4.74 Å². The van der Waals surface area contributed by atoms with E-state index >= 15 is 0 Å². The molecule has 0 atom stereocenters. The van der Waals surface area contributed by atoms with Crippen LogP contribution in [-0.4, -0.2) is 37.1 Å². The van der Waals surface area contributed by atoms with Crippen LogP contribution >= 0.6 is 0 Å². The summed E-state index contributed by atoms with van der Waals surface area (Å²) in [4.78, 5) is 15.8. The fourth-order valence-electron chi connectivity index (χ4n) is 1.58. The van der Waals surface area contributed by atoms with Crippen molar-refractivity contribution in [3.05, 3.63) is 29.6 Å². The van der Waals surface area contributed by atoms with Gasteiger partial charge in [0, 0.05) is 19.4 Å². The first kappa shape index (κ1) is 12.3. The molecule has 7 nitrogen and oxygen atoms in total. The highest BCUT2D eigenvalue weighted by Crippen LogP contribution is 2.07. The topological polar surface area (TPSA) is 74.8 Å². The molecule has 0 bridgehead atoms. The van der Waals surface area contributed by atoms with Crippen LogP contribution in [0.25, 0.3) is 0 Å². The van der Waals surface area contributed by atoms with E-state index in [1.165, 1.54) is 0 Å². The van der Waals surface area contributed by atoms with Gasteiger partial charge in [-0.2, -0.15) is 0 Å². The minimum Gasteiger partial charge on any atom is -0.461 e. The molecule has 2 heterocycles. The predicted octanol–water partition coefficient (Wildman–Crippen LogP) is 0.545. The molecule has 2 aromatic rings. The van der Waals surface area contributed by atoms with Gasteiger partial charge in [-0.15, -0.1) is 5.10 Å². The molecule has 7 heteroatoms. The first-order valence-corrected chi connectivity index (χ1v) is 5.67. The predicted molar refractivity (Wildman–Crippen MR) is 63.0 cm³/mol. The lowest BCUT2D eigenvalue weighted by molar-refractivity contribution is 0.0518. The maximum Gasteiger partial charge on any atom is 0.360 e. The average molecular weight is 249 g/mol. The third-order valence-corrected chi connectivity index (χ3v) is 2.66. The molecule has 0 amide bonds. The van der Waals surface area contributed by atoms with Gasteiger partial charge in [0.25, 0.3) is 0 Å². The van der Waals surface area contributed by atoms with Gasteiger partial charge in [0.05, 0.1) is 12.3 Å². The second-order valence-corrected chi connectivity index (χ2v) is 3.86. The van der Waals surface area contributed by atoms with E-state index in [0.29, 0.717) is 18.8 Å². The first-order valence-electron chi connectivity index (χ1n) is 5.67. The Labute approximate surface area is 104 Å².